The first-order chi connectivity index (χ1) is 21.7. The van der Waals surface area contributed by atoms with E-state index in [0.29, 0.717) is 24.2 Å². The minimum Gasteiger partial charge on any atom is -0.342 e. The molecular formula is C37H53N5O4. The van der Waals surface area contributed by atoms with Crippen LogP contribution in [0.25, 0.3) is 10.8 Å². The highest BCUT2D eigenvalue weighted by Crippen LogP contribution is 2.27. The van der Waals surface area contributed by atoms with E-state index in [4.69, 9.17) is 0 Å². The van der Waals surface area contributed by atoms with E-state index in [0.717, 1.165) is 43.0 Å². The molecule has 2 aliphatic heterocycles. The molecule has 2 aliphatic rings. The Kier molecular flexibility index (Phi) is 11.3. The van der Waals surface area contributed by atoms with Crippen LogP contribution < -0.4 is 10.6 Å². The maximum absolute atomic E-state index is 14.1. The van der Waals surface area contributed by atoms with Crippen LogP contribution in [-0.2, 0) is 19.2 Å². The highest BCUT2D eigenvalue weighted by Gasteiger charge is 2.40. The topological polar surface area (TPSA) is 102 Å². The van der Waals surface area contributed by atoms with Crippen molar-refractivity contribution >= 4 is 40.1 Å². The summed E-state index contributed by atoms with van der Waals surface area (Å²) < 4.78 is 0. The standard InChI is InChI=1S/C37H53N5O4/c1-24(2)31(41(8)36(46)32(37(4,5)6)39-33(43)29-16-11-12-20-40(29)7)22-25(3)35(45)42-21-13-17-30(42)34(44)38-28-19-18-26-14-9-10-15-27(26)23-28/h9-10,14-15,18-19,22-24,29-32H,11-13,16-17,20-21H2,1-8H3,(H,38,44)(H,39,43)/t29?,30-,31+,32+/m0/s1. The van der Waals surface area contributed by atoms with Gasteiger partial charge in [-0.3, -0.25) is 24.1 Å². The van der Waals surface area contributed by atoms with Crippen LogP contribution >= 0.6 is 0 Å². The second-order valence-electron chi connectivity index (χ2n) is 14.5. The molecule has 250 valence electrons. The molecule has 0 radical (unpaired) electrons. The summed E-state index contributed by atoms with van der Waals surface area (Å²) in [7, 11) is 3.70. The first kappa shape index (κ1) is 35.1. The summed E-state index contributed by atoms with van der Waals surface area (Å²) in [6.45, 7) is 13.0. The number of piperidine rings is 1. The van der Waals surface area contributed by atoms with Gasteiger partial charge in [0.25, 0.3) is 0 Å². The fraction of sp³-hybridized carbons (Fsp3) is 0.568. The van der Waals surface area contributed by atoms with Crippen molar-refractivity contribution in [1.82, 2.24) is 20.0 Å². The van der Waals surface area contributed by atoms with Gasteiger partial charge in [-0.25, -0.2) is 0 Å². The lowest BCUT2D eigenvalue weighted by Gasteiger charge is -2.39. The summed E-state index contributed by atoms with van der Waals surface area (Å²) in [4.78, 5) is 60.0. The van der Waals surface area contributed by atoms with Crippen LogP contribution in [-0.4, -0.2) is 89.7 Å². The third-order valence-electron chi connectivity index (χ3n) is 9.54. The van der Waals surface area contributed by atoms with Gasteiger partial charge < -0.3 is 20.4 Å². The van der Waals surface area contributed by atoms with E-state index in [1.54, 1.807) is 23.8 Å². The number of nitrogens with one attached hydrogen (secondary N) is 2. The number of amides is 4. The molecule has 0 saturated carbocycles. The zero-order valence-corrected chi connectivity index (χ0v) is 28.9. The Hall–Kier alpha value is -3.72. The number of hydrogen-bond donors (Lipinski definition) is 2. The van der Waals surface area contributed by atoms with Gasteiger partial charge in [-0.1, -0.05) is 77.4 Å². The number of likely N-dealkylation sites (tertiary alicyclic amines) is 2. The molecule has 0 aromatic heterocycles. The van der Waals surface area contributed by atoms with Crippen molar-refractivity contribution in [3.63, 3.8) is 0 Å². The molecule has 0 spiro atoms. The fourth-order valence-electron chi connectivity index (χ4n) is 6.72. The smallest absolute Gasteiger partial charge is 0.249 e. The quantitative estimate of drug-likeness (QED) is 0.370. The lowest BCUT2D eigenvalue weighted by Crippen LogP contribution is -2.59. The largest absolute Gasteiger partial charge is 0.342 e. The predicted octanol–water partition coefficient (Wildman–Crippen LogP) is 5.21. The average Bonchev–Trinajstić information content (AvgIpc) is 3.51. The van der Waals surface area contributed by atoms with Gasteiger partial charge in [0.2, 0.25) is 23.6 Å². The summed E-state index contributed by atoms with van der Waals surface area (Å²) in [6, 6.07) is 11.8. The van der Waals surface area contributed by atoms with Crippen LogP contribution in [0.3, 0.4) is 0 Å². The number of carbonyl (C=O) groups excluding carboxylic acids is 4. The van der Waals surface area contributed by atoms with Crippen molar-refractivity contribution in [2.75, 3.05) is 32.5 Å². The fourth-order valence-corrected chi connectivity index (χ4v) is 6.72. The van der Waals surface area contributed by atoms with Crippen molar-refractivity contribution in [3.8, 4) is 0 Å². The number of nitrogens with zero attached hydrogens (tertiary/aromatic N) is 3. The summed E-state index contributed by atoms with van der Waals surface area (Å²) >= 11 is 0. The lowest BCUT2D eigenvalue weighted by atomic mass is 9.84. The molecule has 0 bridgehead atoms. The molecule has 4 amide bonds. The Balaban J connectivity index is 1.48. The van der Waals surface area contributed by atoms with Gasteiger partial charge in [-0.2, -0.15) is 0 Å². The summed E-state index contributed by atoms with van der Waals surface area (Å²) in [5.74, 6) is -0.710. The van der Waals surface area contributed by atoms with Gasteiger partial charge in [0.1, 0.15) is 12.1 Å². The Morgan fingerprint density at radius 3 is 2.24 bits per heavy atom. The first-order valence-electron chi connectivity index (χ1n) is 16.8. The van der Waals surface area contributed by atoms with Crippen molar-refractivity contribution in [2.45, 2.75) is 97.8 Å². The van der Waals surface area contributed by atoms with Gasteiger partial charge in [-0.15, -0.1) is 0 Å². The zero-order valence-electron chi connectivity index (χ0n) is 28.9. The molecule has 2 heterocycles. The molecule has 2 N–H and O–H groups in total. The summed E-state index contributed by atoms with van der Waals surface area (Å²) in [6.07, 6.45) is 6.01. The van der Waals surface area contributed by atoms with E-state index in [1.165, 1.54) is 0 Å². The van der Waals surface area contributed by atoms with Gasteiger partial charge >= 0.3 is 0 Å². The molecule has 9 nitrogen and oxygen atoms in total. The van der Waals surface area contributed by atoms with Gasteiger partial charge in [0.15, 0.2) is 0 Å². The minimum atomic E-state index is -0.729. The second-order valence-corrected chi connectivity index (χ2v) is 14.5. The van der Waals surface area contributed by atoms with E-state index in [2.05, 4.69) is 15.5 Å². The number of fused-ring (bicyclic) bond motifs is 1. The van der Waals surface area contributed by atoms with Crippen molar-refractivity contribution < 1.29 is 19.2 Å². The van der Waals surface area contributed by atoms with Crippen LogP contribution in [0.1, 0.15) is 73.6 Å². The third-order valence-corrected chi connectivity index (χ3v) is 9.54. The zero-order chi connectivity index (χ0) is 33.8. The van der Waals surface area contributed by atoms with Gasteiger partial charge in [0.05, 0.1) is 12.1 Å². The van der Waals surface area contributed by atoms with E-state index < -0.39 is 17.5 Å². The van der Waals surface area contributed by atoms with E-state index in [1.807, 2.05) is 90.2 Å². The molecule has 0 aliphatic carbocycles. The normalized spacial score (nSPS) is 20.8. The molecule has 46 heavy (non-hydrogen) atoms. The average molecular weight is 632 g/mol. The van der Waals surface area contributed by atoms with E-state index in [9.17, 15) is 19.2 Å². The number of likely N-dealkylation sites (N-methyl/N-ethyl adjacent to an activating group) is 2. The number of carbonyl (C=O) groups is 4. The molecule has 4 atom stereocenters. The molecule has 9 heteroatoms. The SMILES string of the molecule is CC(=C[C@H](C(C)C)N(C)C(=O)[C@@H](NC(=O)C1CCCCN1C)C(C)(C)C)C(=O)N1CCC[C@H]1C(=O)Nc1ccc2ccccc2c1. The molecular weight excluding hydrogens is 578 g/mol. The van der Waals surface area contributed by atoms with Crippen molar-refractivity contribution in [2.24, 2.45) is 11.3 Å². The number of rotatable bonds is 9. The van der Waals surface area contributed by atoms with Crippen LogP contribution in [0.4, 0.5) is 5.69 Å². The molecule has 2 saturated heterocycles. The second kappa shape index (κ2) is 14.8. The Bertz CT molecular complexity index is 1460. The van der Waals surface area contributed by atoms with E-state index in [-0.39, 0.29) is 41.6 Å². The Labute approximate surface area is 274 Å². The van der Waals surface area contributed by atoms with Gasteiger partial charge in [0, 0.05) is 24.9 Å². The highest BCUT2D eigenvalue weighted by atomic mass is 16.2. The maximum Gasteiger partial charge on any atom is 0.249 e. The van der Waals surface area contributed by atoms with Crippen molar-refractivity contribution in [3.05, 3.63) is 54.1 Å². The molecule has 2 fully saturated rings. The van der Waals surface area contributed by atoms with Crippen LogP contribution in [0.15, 0.2) is 54.1 Å². The Morgan fingerprint density at radius 1 is 0.913 bits per heavy atom. The van der Waals surface area contributed by atoms with Crippen LogP contribution in [0.2, 0.25) is 0 Å². The molecule has 4 rings (SSSR count). The minimum absolute atomic E-state index is 0.00285. The monoisotopic (exact) mass is 631 g/mol. The molecule has 2 aromatic rings. The maximum atomic E-state index is 14.1. The number of hydrogen-bond acceptors (Lipinski definition) is 5. The first-order valence-corrected chi connectivity index (χ1v) is 16.8. The Morgan fingerprint density at radius 2 is 1.59 bits per heavy atom. The predicted molar refractivity (Wildman–Crippen MR) is 184 cm³/mol. The van der Waals surface area contributed by atoms with Gasteiger partial charge in [-0.05, 0) is 80.4 Å². The lowest BCUT2D eigenvalue weighted by molar-refractivity contribution is -0.141. The molecule has 1 unspecified atom stereocenters. The van der Waals surface area contributed by atoms with Crippen LogP contribution in [0.5, 0.6) is 0 Å². The molecule has 2 aromatic carbocycles. The van der Waals surface area contributed by atoms with Crippen molar-refractivity contribution in [1.29, 1.82) is 0 Å². The number of anilines is 1. The summed E-state index contributed by atoms with van der Waals surface area (Å²) in [5, 5.41) is 8.23. The van der Waals surface area contributed by atoms with Crippen LogP contribution in [0, 0.1) is 11.3 Å². The van der Waals surface area contributed by atoms with E-state index >= 15 is 0 Å². The third kappa shape index (κ3) is 8.16. The summed E-state index contributed by atoms with van der Waals surface area (Å²) in [5.41, 5.74) is 0.667. The number of benzene rings is 2. The highest BCUT2D eigenvalue weighted by molar-refractivity contribution is 6.02.